The molecule has 0 aliphatic rings. The third-order valence-corrected chi connectivity index (χ3v) is 5.19. The van der Waals surface area contributed by atoms with E-state index in [0.29, 0.717) is 43.4 Å². The first-order valence-corrected chi connectivity index (χ1v) is 12.5. The van der Waals surface area contributed by atoms with Crippen molar-refractivity contribution >= 4 is 11.9 Å². The molecule has 0 aromatic heterocycles. The lowest BCUT2D eigenvalue weighted by Gasteiger charge is -2.26. The fraction of sp³-hybridized carbons (Fsp3) is 0.840. The van der Waals surface area contributed by atoms with Gasteiger partial charge in [-0.25, -0.2) is 4.79 Å². The molecule has 0 saturated carbocycles. The van der Waals surface area contributed by atoms with Crippen molar-refractivity contribution in [3.05, 3.63) is 12.2 Å². The molecule has 8 heteroatoms. The Bertz CT molecular complexity index is 524. The number of allylic oxidation sites excluding steroid dienone is 1. The highest BCUT2D eigenvalue weighted by Crippen LogP contribution is 2.15. The smallest absolute Gasteiger partial charge is 0.362 e. The number of esters is 1. The summed E-state index contributed by atoms with van der Waals surface area (Å²) < 4.78 is 6.15. The lowest BCUT2D eigenvalue weighted by molar-refractivity contribution is -0.862. The summed E-state index contributed by atoms with van der Waals surface area (Å²) in [5.41, 5.74) is 5.36. The maximum Gasteiger partial charge on any atom is 0.362 e. The third kappa shape index (κ3) is 22.4. The Labute approximate surface area is 208 Å². The summed E-state index contributed by atoms with van der Waals surface area (Å²) in [6.45, 7) is 3.47. The number of unbranched alkanes of at least 4 members (excludes halogenated alkanes) is 7. The molecule has 0 aliphatic heterocycles. The molecular weight excluding hydrogens is 442 g/mol. The molecule has 7 nitrogen and oxygen atoms in total. The Morgan fingerprint density at radius 3 is 2.33 bits per heavy atom. The zero-order valence-corrected chi connectivity index (χ0v) is 22.2. The number of hydrogen-bond acceptors (Lipinski definition) is 5. The van der Waals surface area contributed by atoms with Gasteiger partial charge in [-0.15, -0.1) is 0 Å². The predicted molar refractivity (Wildman–Crippen MR) is 131 cm³/mol. The van der Waals surface area contributed by atoms with Crippen LogP contribution in [0.25, 0.3) is 0 Å². The molecule has 0 bridgehead atoms. The van der Waals surface area contributed by atoms with E-state index >= 15 is 0 Å². The number of quaternary nitrogens is 1. The molecule has 0 aromatic carbocycles. The van der Waals surface area contributed by atoms with E-state index in [4.69, 9.17) is 10.5 Å². The molecule has 2 atom stereocenters. The number of nitrogens with zero attached hydrogens (tertiary/aromatic N) is 1. The van der Waals surface area contributed by atoms with E-state index in [2.05, 4.69) is 18.3 Å². The summed E-state index contributed by atoms with van der Waals surface area (Å²) in [5.74, 6) is -0.160. The van der Waals surface area contributed by atoms with Crippen LogP contribution in [0.15, 0.2) is 12.2 Å². The lowest BCUT2D eigenvalue weighted by Crippen LogP contribution is -3.00. The van der Waals surface area contributed by atoms with E-state index in [1.165, 1.54) is 0 Å². The molecule has 196 valence electrons. The number of likely N-dealkylation sites (N-methyl/N-ethyl adjacent to an activating group) is 1. The summed E-state index contributed by atoms with van der Waals surface area (Å²) in [5, 5.41) is 13.4. The second-order valence-electron chi connectivity index (χ2n) is 9.69. The van der Waals surface area contributed by atoms with E-state index in [0.717, 1.165) is 57.8 Å². The maximum absolute atomic E-state index is 12.2. The van der Waals surface area contributed by atoms with Gasteiger partial charge >= 0.3 is 5.97 Å². The Hall–Kier alpha value is -1.15. The van der Waals surface area contributed by atoms with Crippen molar-refractivity contribution in [3.8, 4) is 0 Å². The molecule has 1 amide bonds. The van der Waals surface area contributed by atoms with E-state index < -0.39 is 12.2 Å². The quantitative estimate of drug-likeness (QED) is 0.0983. The Morgan fingerprint density at radius 1 is 1.03 bits per heavy atom. The van der Waals surface area contributed by atoms with Crippen LogP contribution in [0.4, 0.5) is 0 Å². The number of halogens is 1. The first-order valence-electron chi connectivity index (χ1n) is 12.5. The molecule has 0 aliphatic carbocycles. The number of carbonyl (C=O) groups excluding carboxylic acids is 2. The van der Waals surface area contributed by atoms with Crippen molar-refractivity contribution < 1.29 is 36.3 Å². The van der Waals surface area contributed by atoms with Gasteiger partial charge < -0.3 is 37.8 Å². The minimum atomic E-state index is -0.662. The highest BCUT2D eigenvalue weighted by atomic mass is 35.5. The van der Waals surface area contributed by atoms with Gasteiger partial charge in [-0.2, -0.15) is 0 Å². The summed E-state index contributed by atoms with van der Waals surface area (Å²) in [6.07, 6.45) is 14.3. The molecule has 0 rings (SSSR count). The SMILES string of the molecule is CCCCCC(OC(=O)C[N+](C)(C)C)C(O)C/C=C/CCCCCCCC(=O)NCCN.[Cl-]. The zero-order chi connectivity index (χ0) is 24.2. The van der Waals surface area contributed by atoms with Crippen LogP contribution in [0.5, 0.6) is 0 Å². The number of carbonyl (C=O) groups is 2. The van der Waals surface area contributed by atoms with Crippen LogP contribution >= 0.6 is 0 Å². The van der Waals surface area contributed by atoms with Crippen LogP contribution < -0.4 is 23.5 Å². The minimum absolute atomic E-state index is 0. The zero-order valence-electron chi connectivity index (χ0n) is 21.5. The average Bonchev–Trinajstić information content (AvgIpc) is 2.71. The van der Waals surface area contributed by atoms with Gasteiger partial charge in [0.25, 0.3) is 0 Å². The molecular formula is C25H50ClN3O4. The Kier molecular flexibility index (Phi) is 22.0. The summed E-state index contributed by atoms with van der Waals surface area (Å²) >= 11 is 0. The van der Waals surface area contributed by atoms with Crippen LogP contribution in [0.2, 0.25) is 0 Å². The van der Waals surface area contributed by atoms with Crippen LogP contribution in [-0.4, -0.2) is 74.5 Å². The normalized spacial score (nSPS) is 13.4. The largest absolute Gasteiger partial charge is 1.00 e. The van der Waals surface area contributed by atoms with E-state index in [1.54, 1.807) is 0 Å². The van der Waals surface area contributed by atoms with Crippen LogP contribution in [0, 0.1) is 0 Å². The average molecular weight is 492 g/mol. The summed E-state index contributed by atoms with van der Waals surface area (Å²) in [6, 6.07) is 0. The van der Waals surface area contributed by atoms with Crippen molar-refractivity contribution in [2.24, 2.45) is 5.73 Å². The molecule has 0 spiro atoms. The van der Waals surface area contributed by atoms with Crippen LogP contribution in [-0.2, 0) is 14.3 Å². The van der Waals surface area contributed by atoms with E-state index in [-0.39, 0.29) is 24.3 Å². The van der Waals surface area contributed by atoms with Crippen LogP contribution in [0.3, 0.4) is 0 Å². The van der Waals surface area contributed by atoms with Gasteiger partial charge in [0.05, 0.1) is 27.2 Å². The van der Waals surface area contributed by atoms with Crippen molar-refractivity contribution in [1.82, 2.24) is 5.32 Å². The number of hydrogen-bond donors (Lipinski definition) is 3. The molecule has 4 N–H and O–H groups in total. The first kappa shape index (κ1) is 34.0. The summed E-state index contributed by atoms with van der Waals surface area (Å²) in [7, 11) is 5.85. The van der Waals surface area contributed by atoms with Gasteiger partial charge in [0, 0.05) is 19.5 Å². The van der Waals surface area contributed by atoms with E-state index in [9.17, 15) is 14.7 Å². The molecule has 0 saturated heterocycles. The van der Waals surface area contributed by atoms with Gasteiger partial charge in [0.15, 0.2) is 6.54 Å². The second kappa shape index (κ2) is 21.4. The fourth-order valence-electron chi connectivity index (χ4n) is 3.40. The number of aliphatic hydroxyl groups is 1. The van der Waals surface area contributed by atoms with Gasteiger partial charge in [-0.05, 0) is 38.5 Å². The standard InChI is InChI=1S/C25H49N3O4.ClH/c1-5-6-13-17-23(32-25(31)21-28(2,3)4)22(29)16-14-11-9-7-8-10-12-15-18-24(30)27-20-19-26;/h11,14,22-23,29H,5-10,12-13,15-21,26H2,1-4H3;1H/b14-11+;. The maximum atomic E-state index is 12.2. The highest BCUT2D eigenvalue weighted by molar-refractivity contribution is 5.75. The van der Waals surface area contributed by atoms with Gasteiger partial charge in [-0.1, -0.05) is 51.2 Å². The monoisotopic (exact) mass is 491 g/mol. The number of rotatable bonds is 20. The second-order valence-corrected chi connectivity index (χ2v) is 9.69. The molecule has 2 unspecified atom stereocenters. The predicted octanol–water partition coefficient (Wildman–Crippen LogP) is 0.302. The van der Waals surface area contributed by atoms with Crippen molar-refractivity contribution in [2.75, 3.05) is 40.8 Å². The number of ether oxygens (including phenoxy) is 1. The Morgan fingerprint density at radius 2 is 1.70 bits per heavy atom. The Balaban J connectivity index is 0. The van der Waals surface area contributed by atoms with Gasteiger partial charge in [0.2, 0.25) is 5.91 Å². The van der Waals surface area contributed by atoms with Crippen molar-refractivity contribution in [1.29, 1.82) is 0 Å². The third-order valence-electron chi connectivity index (χ3n) is 5.19. The minimum Gasteiger partial charge on any atom is -1.00 e. The molecule has 0 radical (unpaired) electrons. The topological polar surface area (TPSA) is 102 Å². The highest BCUT2D eigenvalue weighted by Gasteiger charge is 2.25. The molecule has 0 aromatic rings. The number of amides is 1. The van der Waals surface area contributed by atoms with Crippen molar-refractivity contribution in [3.63, 3.8) is 0 Å². The number of nitrogens with one attached hydrogen (secondary N) is 1. The first-order chi connectivity index (χ1) is 15.2. The number of nitrogens with two attached hydrogens (primary N) is 1. The van der Waals surface area contributed by atoms with Gasteiger partial charge in [0.1, 0.15) is 6.10 Å². The lowest BCUT2D eigenvalue weighted by atomic mass is 10.0. The molecule has 0 heterocycles. The van der Waals surface area contributed by atoms with Crippen molar-refractivity contribution in [2.45, 2.75) is 96.2 Å². The fourth-order valence-corrected chi connectivity index (χ4v) is 3.40. The summed E-state index contributed by atoms with van der Waals surface area (Å²) in [4.78, 5) is 23.7. The number of aliphatic hydroxyl groups excluding tert-OH is 1. The van der Waals surface area contributed by atoms with Gasteiger partial charge in [-0.3, -0.25) is 4.79 Å². The van der Waals surface area contributed by atoms with Crippen LogP contribution in [0.1, 0.15) is 84.0 Å². The van der Waals surface area contributed by atoms with E-state index in [1.807, 2.05) is 27.2 Å². The molecule has 33 heavy (non-hydrogen) atoms. The molecule has 0 fully saturated rings.